The first-order chi connectivity index (χ1) is 10.2. The number of aromatic nitrogens is 1. The molecule has 6 heteroatoms. The van der Waals surface area contributed by atoms with Gasteiger partial charge in [-0.1, -0.05) is 6.07 Å². The molecule has 0 amide bonds. The van der Waals surface area contributed by atoms with Crippen LogP contribution in [0, 0.1) is 11.6 Å². The molecule has 118 valence electrons. The van der Waals surface area contributed by atoms with E-state index in [4.69, 9.17) is 9.84 Å². The fourth-order valence-corrected chi connectivity index (χ4v) is 1.98. The van der Waals surface area contributed by atoms with Gasteiger partial charge in [-0.15, -0.1) is 0 Å². The van der Waals surface area contributed by atoms with Crippen LogP contribution in [0.4, 0.5) is 13.6 Å². The average molecular weight is 309 g/mol. The van der Waals surface area contributed by atoms with Gasteiger partial charge in [-0.25, -0.2) is 13.6 Å². The predicted molar refractivity (Wildman–Crippen MR) is 77.3 cm³/mol. The topological polar surface area (TPSA) is 51.5 Å². The van der Waals surface area contributed by atoms with Crippen molar-refractivity contribution < 1.29 is 23.4 Å². The number of aliphatic hydroxyl groups is 1. The molecule has 2 aromatic rings. The molecule has 0 aliphatic heterocycles. The zero-order valence-corrected chi connectivity index (χ0v) is 12.6. The van der Waals surface area contributed by atoms with Gasteiger partial charge in [0.25, 0.3) is 0 Å². The second kappa shape index (κ2) is 5.88. The lowest BCUT2D eigenvalue weighted by molar-refractivity contribution is 0.0540. The monoisotopic (exact) mass is 309 g/mol. The molecule has 0 spiro atoms. The Kier molecular flexibility index (Phi) is 4.32. The highest BCUT2D eigenvalue weighted by Gasteiger charge is 2.22. The minimum absolute atomic E-state index is 0.0782. The summed E-state index contributed by atoms with van der Waals surface area (Å²) in [5, 5.41) is 8.95. The molecule has 0 radical (unpaired) electrons. The summed E-state index contributed by atoms with van der Waals surface area (Å²) in [6.07, 6.45) is 0.735. The van der Waals surface area contributed by atoms with Crippen molar-refractivity contribution in [2.75, 3.05) is 0 Å². The van der Waals surface area contributed by atoms with Crippen LogP contribution in [0.2, 0.25) is 0 Å². The molecule has 2 rings (SSSR count). The number of benzene rings is 1. The zero-order chi connectivity index (χ0) is 16.5. The Morgan fingerprint density at radius 3 is 2.50 bits per heavy atom. The van der Waals surface area contributed by atoms with Crippen LogP contribution < -0.4 is 0 Å². The molecule has 0 aliphatic carbocycles. The predicted octanol–water partition coefficient (Wildman–Crippen LogP) is 3.71. The summed E-state index contributed by atoms with van der Waals surface area (Å²) in [5.41, 5.74) is -0.749. The largest absolute Gasteiger partial charge is 0.443 e. The summed E-state index contributed by atoms with van der Waals surface area (Å²) >= 11 is 0. The average Bonchev–Trinajstić information content (AvgIpc) is 2.89. The van der Waals surface area contributed by atoms with Crippen molar-refractivity contribution in [3.8, 4) is 11.3 Å². The van der Waals surface area contributed by atoms with Crippen LogP contribution in [-0.4, -0.2) is 21.4 Å². The summed E-state index contributed by atoms with van der Waals surface area (Å²) < 4.78 is 34.3. The fraction of sp³-hybridized carbons (Fsp3) is 0.312. The van der Waals surface area contributed by atoms with Crippen molar-refractivity contribution in [1.29, 1.82) is 0 Å². The highest BCUT2D eigenvalue weighted by atomic mass is 19.2. The Morgan fingerprint density at radius 1 is 1.23 bits per heavy atom. The van der Waals surface area contributed by atoms with E-state index in [-0.39, 0.29) is 16.8 Å². The molecular formula is C16H17F2NO3. The molecule has 0 atom stereocenters. The van der Waals surface area contributed by atoms with Crippen LogP contribution in [0.3, 0.4) is 0 Å². The van der Waals surface area contributed by atoms with Crippen LogP contribution >= 0.6 is 0 Å². The Hall–Kier alpha value is -2.21. The van der Waals surface area contributed by atoms with Gasteiger partial charge in [-0.2, -0.15) is 0 Å². The normalized spacial score (nSPS) is 11.5. The lowest BCUT2D eigenvalue weighted by Gasteiger charge is -2.20. The lowest BCUT2D eigenvalue weighted by atomic mass is 10.1. The maximum absolute atomic E-state index is 14.1. The van der Waals surface area contributed by atoms with Crippen molar-refractivity contribution in [1.82, 2.24) is 4.57 Å². The van der Waals surface area contributed by atoms with E-state index in [1.165, 1.54) is 30.5 Å². The highest BCUT2D eigenvalue weighted by molar-refractivity contribution is 5.79. The third kappa shape index (κ3) is 3.17. The van der Waals surface area contributed by atoms with E-state index >= 15 is 0 Å². The van der Waals surface area contributed by atoms with Crippen LogP contribution in [0.25, 0.3) is 11.3 Å². The summed E-state index contributed by atoms with van der Waals surface area (Å²) in [7, 11) is 0. The van der Waals surface area contributed by atoms with Gasteiger partial charge in [-0.3, -0.25) is 4.57 Å². The molecule has 0 aliphatic rings. The van der Waals surface area contributed by atoms with Gasteiger partial charge in [0.2, 0.25) is 0 Å². The van der Waals surface area contributed by atoms with Gasteiger partial charge in [0.1, 0.15) is 5.60 Å². The fourth-order valence-electron chi connectivity index (χ4n) is 1.98. The molecule has 1 N–H and O–H groups in total. The van der Waals surface area contributed by atoms with Crippen molar-refractivity contribution >= 4 is 6.09 Å². The second-order valence-corrected chi connectivity index (χ2v) is 5.80. The summed E-state index contributed by atoms with van der Waals surface area (Å²) in [6.45, 7) is 4.54. The molecule has 0 fully saturated rings. The van der Waals surface area contributed by atoms with Crippen LogP contribution in [0.1, 0.15) is 26.3 Å². The lowest BCUT2D eigenvalue weighted by Crippen LogP contribution is -2.27. The van der Waals surface area contributed by atoms with Crippen LogP contribution in [0.15, 0.2) is 30.5 Å². The first-order valence-corrected chi connectivity index (χ1v) is 6.73. The quantitative estimate of drug-likeness (QED) is 0.920. The number of aliphatic hydroxyl groups excluding tert-OH is 1. The maximum Gasteiger partial charge on any atom is 0.418 e. The van der Waals surface area contributed by atoms with E-state index in [0.29, 0.717) is 0 Å². The number of carbonyl (C=O) groups excluding carboxylic acids is 1. The third-order valence-corrected chi connectivity index (χ3v) is 2.95. The van der Waals surface area contributed by atoms with Gasteiger partial charge in [-0.05, 0) is 39.0 Å². The van der Waals surface area contributed by atoms with Gasteiger partial charge < -0.3 is 9.84 Å². The minimum atomic E-state index is -1.13. The van der Waals surface area contributed by atoms with Gasteiger partial charge in [0.05, 0.1) is 12.3 Å². The molecule has 0 saturated carbocycles. The third-order valence-electron chi connectivity index (χ3n) is 2.95. The first kappa shape index (κ1) is 16.2. The number of ether oxygens (including phenoxy) is 1. The highest BCUT2D eigenvalue weighted by Crippen LogP contribution is 2.27. The number of hydrogen-bond donors (Lipinski definition) is 1. The van der Waals surface area contributed by atoms with Gasteiger partial charge >= 0.3 is 6.09 Å². The van der Waals surface area contributed by atoms with E-state index in [2.05, 4.69) is 0 Å². The van der Waals surface area contributed by atoms with Crippen LogP contribution in [0.5, 0.6) is 0 Å². The Bertz CT molecular complexity index is 702. The zero-order valence-electron chi connectivity index (χ0n) is 12.6. The van der Waals surface area contributed by atoms with E-state index < -0.39 is 29.9 Å². The molecule has 0 unspecified atom stereocenters. The SMILES string of the molecule is CC(C)(C)OC(=O)n1cccc1-c1ccc(CO)c(F)c1F. The van der Waals surface area contributed by atoms with Crippen molar-refractivity contribution in [2.45, 2.75) is 33.0 Å². The molecule has 4 nitrogen and oxygen atoms in total. The first-order valence-electron chi connectivity index (χ1n) is 6.73. The summed E-state index contributed by atoms with van der Waals surface area (Å²) in [6, 6.07) is 5.62. The Labute approximate surface area is 126 Å². The molecule has 22 heavy (non-hydrogen) atoms. The van der Waals surface area contributed by atoms with E-state index in [1.54, 1.807) is 20.8 Å². The number of rotatable bonds is 2. The van der Waals surface area contributed by atoms with Crippen molar-refractivity contribution in [3.63, 3.8) is 0 Å². The van der Waals surface area contributed by atoms with E-state index in [0.717, 1.165) is 4.57 Å². The minimum Gasteiger partial charge on any atom is -0.443 e. The molecule has 1 heterocycles. The second-order valence-electron chi connectivity index (χ2n) is 5.80. The van der Waals surface area contributed by atoms with Crippen molar-refractivity contribution in [3.05, 3.63) is 47.7 Å². The molecule has 1 aromatic heterocycles. The molecule has 0 saturated heterocycles. The maximum atomic E-state index is 14.1. The smallest absolute Gasteiger partial charge is 0.418 e. The standard InChI is InChI=1S/C16H17F2NO3/c1-16(2,3)22-15(21)19-8-4-5-12(19)11-7-6-10(9-20)13(17)14(11)18/h4-8,20H,9H2,1-3H3. The Balaban J connectivity index is 2.46. The summed E-state index contributed by atoms with van der Waals surface area (Å²) in [5.74, 6) is -2.24. The van der Waals surface area contributed by atoms with E-state index in [9.17, 15) is 13.6 Å². The number of nitrogens with zero attached hydrogens (tertiary/aromatic N) is 1. The molecule has 1 aromatic carbocycles. The number of hydrogen-bond acceptors (Lipinski definition) is 3. The van der Waals surface area contributed by atoms with E-state index in [1.807, 2.05) is 0 Å². The molecule has 0 bridgehead atoms. The molecular weight excluding hydrogens is 292 g/mol. The van der Waals surface area contributed by atoms with Gasteiger partial charge in [0.15, 0.2) is 11.6 Å². The summed E-state index contributed by atoms with van der Waals surface area (Å²) in [4.78, 5) is 12.1. The van der Waals surface area contributed by atoms with Crippen LogP contribution in [-0.2, 0) is 11.3 Å². The van der Waals surface area contributed by atoms with Crippen molar-refractivity contribution in [2.24, 2.45) is 0 Å². The number of halogens is 2. The van der Waals surface area contributed by atoms with Gasteiger partial charge in [0, 0.05) is 17.3 Å². The number of carbonyl (C=O) groups is 1. The Morgan fingerprint density at radius 2 is 1.91 bits per heavy atom.